The Labute approximate surface area is 137 Å². The lowest BCUT2D eigenvalue weighted by molar-refractivity contribution is 0.00434. The van der Waals surface area contributed by atoms with Gasteiger partial charge in [-0.2, -0.15) is 0 Å². The van der Waals surface area contributed by atoms with E-state index >= 15 is 0 Å². The van der Waals surface area contributed by atoms with Gasteiger partial charge in [0.15, 0.2) is 0 Å². The SMILES string of the molecule is CC(NC1CN(C(=O)OC(C)(C)C)C1)c1ccc2c(c1)CCO2. The van der Waals surface area contributed by atoms with Gasteiger partial charge in [-0.3, -0.25) is 0 Å². The lowest BCUT2D eigenvalue weighted by Gasteiger charge is -2.41. The number of rotatable bonds is 3. The second kappa shape index (κ2) is 6.04. The van der Waals surface area contributed by atoms with Crippen molar-refractivity contribution < 1.29 is 14.3 Å². The largest absolute Gasteiger partial charge is 0.493 e. The Morgan fingerprint density at radius 1 is 1.39 bits per heavy atom. The van der Waals surface area contributed by atoms with E-state index in [-0.39, 0.29) is 12.1 Å². The summed E-state index contributed by atoms with van der Waals surface area (Å²) in [5.74, 6) is 1.01. The molecule has 2 aliphatic rings. The maximum Gasteiger partial charge on any atom is 0.410 e. The summed E-state index contributed by atoms with van der Waals surface area (Å²) < 4.78 is 10.9. The summed E-state index contributed by atoms with van der Waals surface area (Å²) in [5, 5.41) is 3.58. The highest BCUT2D eigenvalue weighted by Gasteiger charge is 2.34. The van der Waals surface area contributed by atoms with Gasteiger partial charge in [0.25, 0.3) is 0 Å². The van der Waals surface area contributed by atoms with Gasteiger partial charge in [-0.1, -0.05) is 12.1 Å². The number of nitrogens with zero attached hydrogens (tertiary/aromatic N) is 1. The molecule has 0 aliphatic carbocycles. The first-order valence-corrected chi connectivity index (χ1v) is 8.31. The molecule has 0 radical (unpaired) electrons. The molecule has 1 unspecified atom stereocenters. The number of fused-ring (bicyclic) bond motifs is 1. The van der Waals surface area contributed by atoms with Crippen molar-refractivity contribution in [3.8, 4) is 5.75 Å². The average molecular weight is 318 g/mol. The van der Waals surface area contributed by atoms with Gasteiger partial charge in [0.1, 0.15) is 11.4 Å². The van der Waals surface area contributed by atoms with Crippen LogP contribution in [0.25, 0.3) is 0 Å². The van der Waals surface area contributed by atoms with E-state index in [0.29, 0.717) is 19.1 Å². The lowest BCUT2D eigenvalue weighted by atomic mass is 10.0. The molecule has 1 amide bonds. The Morgan fingerprint density at radius 2 is 2.13 bits per heavy atom. The van der Waals surface area contributed by atoms with Crippen LogP contribution in [0.15, 0.2) is 18.2 Å². The molecule has 5 heteroatoms. The van der Waals surface area contributed by atoms with Gasteiger partial charge in [-0.05, 0) is 44.9 Å². The number of nitrogens with one attached hydrogen (secondary N) is 1. The summed E-state index contributed by atoms with van der Waals surface area (Å²) in [6.45, 7) is 10.0. The lowest BCUT2D eigenvalue weighted by Crippen LogP contribution is -2.60. The number of hydrogen-bond acceptors (Lipinski definition) is 4. The highest BCUT2D eigenvalue weighted by molar-refractivity contribution is 5.69. The molecule has 0 saturated carbocycles. The van der Waals surface area contributed by atoms with Crippen LogP contribution >= 0.6 is 0 Å². The number of benzene rings is 1. The Hall–Kier alpha value is -1.75. The molecule has 1 aromatic rings. The molecule has 0 aromatic heterocycles. The van der Waals surface area contributed by atoms with Crippen LogP contribution in [-0.2, 0) is 11.2 Å². The van der Waals surface area contributed by atoms with E-state index in [9.17, 15) is 4.79 Å². The smallest absolute Gasteiger partial charge is 0.410 e. The number of likely N-dealkylation sites (tertiary alicyclic amines) is 1. The van der Waals surface area contributed by atoms with Crippen molar-refractivity contribution >= 4 is 6.09 Å². The van der Waals surface area contributed by atoms with Crippen molar-refractivity contribution in [2.75, 3.05) is 19.7 Å². The fourth-order valence-corrected chi connectivity index (χ4v) is 2.99. The molecule has 1 N–H and O–H groups in total. The van der Waals surface area contributed by atoms with Crippen molar-refractivity contribution in [3.05, 3.63) is 29.3 Å². The third-order valence-corrected chi connectivity index (χ3v) is 4.23. The first-order valence-electron chi connectivity index (χ1n) is 8.31. The summed E-state index contributed by atoms with van der Waals surface area (Å²) in [6.07, 6.45) is 0.768. The van der Waals surface area contributed by atoms with Crippen molar-refractivity contribution in [2.45, 2.75) is 51.8 Å². The minimum atomic E-state index is -0.435. The third-order valence-electron chi connectivity index (χ3n) is 4.23. The van der Waals surface area contributed by atoms with Gasteiger partial charge in [-0.25, -0.2) is 4.79 Å². The van der Waals surface area contributed by atoms with E-state index in [2.05, 4.69) is 30.4 Å². The van der Waals surface area contributed by atoms with Crippen LogP contribution in [0.1, 0.15) is 44.9 Å². The van der Waals surface area contributed by atoms with Crippen molar-refractivity contribution in [3.63, 3.8) is 0 Å². The highest BCUT2D eigenvalue weighted by Crippen LogP contribution is 2.28. The summed E-state index contributed by atoms with van der Waals surface area (Å²) in [5.41, 5.74) is 2.13. The molecule has 2 heterocycles. The fraction of sp³-hybridized carbons (Fsp3) is 0.611. The molecule has 23 heavy (non-hydrogen) atoms. The van der Waals surface area contributed by atoms with Crippen LogP contribution in [-0.4, -0.2) is 42.3 Å². The fourth-order valence-electron chi connectivity index (χ4n) is 2.99. The number of hydrogen-bond donors (Lipinski definition) is 1. The van der Waals surface area contributed by atoms with Gasteiger partial charge in [-0.15, -0.1) is 0 Å². The van der Waals surface area contributed by atoms with Gasteiger partial charge >= 0.3 is 6.09 Å². The van der Waals surface area contributed by atoms with E-state index < -0.39 is 5.60 Å². The van der Waals surface area contributed by atoms with E-state index in [4.69, 9.17) is 9.47 Å². The Morgan fingerprint density at radius 3 is 2.83 bits per heavy atom. The summed E-state index contributed by atoms with van der Waals surface area (Å²) in [4.78, 5) is 13.7. The van der Waals surface area contributed by atoms with E-state index in [1.807, 2.05) is 20.8 Å². The zero-order valence-electron chi connectivity index (χ0n) is 14.4. The first-order chi connectivity index (χ1) is 10.8. The zero-order chi connectivity index (χ0) is 16.6. The standard InChI is InChI=1S/C18H26N2O3/c1-12(13-5-6-16-14(9-13)7-8-22-16)19-15-10-20(11-15)17(21)23-18(2,3)4/h5-6,9,12,15,19H,7-8,10-11H2,1-4H3. The predicted octanol–water partition coefficient (Wildman–Crippen LogP) is 2.89. The van der Waals surface area contributed by atoms with Crippen LogP contribution in [0.3, 0.4) is 0 Å². The topological polar surface area (TPSA) is 50.8 Å². The van der Waals surface area contributed by atoms with E-state index in [0.717, 1.165) is 18.8 Å². The monoisotopic (exact) mass is 318 g/mol. The van der Waals surface area contributed by atoms with E-state index in [1.54, 1.807) is 4.90 Å². The predicted molar refractivity (Wildman–Crippen MR) is 88.8 cm³/mol. The first kappa shape index (κ1) is 16.1. The number of ether oxygens (including phenoxy) is 2. The normalized spacial score (nSPS) is 18.9. The van der Waals surface area contributed by atoms with Gasteiger partial charge in [0.05, 0.1) is 6.61 Å². The second-order valence-electron chi connectivity index (χ2n) is 7.44. The number of carbonyl (C=O) groups is 1. The zero-order valence-corrected chi connectivity index (χ0v) is 14.4. The molecule has 0 spiro atoms. The second-order valence-corrected chi connectivity index (χ2v) is 7.44. The van der Waals surface area contributed by atoms with Crippen molar-refractivity contribution in [2.24, 2.45) is 0 Å². The third kappa shape index (κ3) is 3.78. The van der Waals surface area contributed by atoms with Gasteiger partial charge in [0.2, 0.25) is 0 Å². The minimum Gasteiger partial charge on any atom is -0.493 e. The quantitative estimate of drug-likeness (QED) is 0.931. The molecule has 1 aromatic carbocycles. The molecule has 3 rings (SSSR count). The molecule has 126 valence electrons. The van der Waals surface area contributed by atoms with Crippen molar-refractivity contribution in [1.82, 2.24) is 10.2 Å². The van der Waals surface area contributed by atoms with Crippen LogP contribution in [0, 0.1) is 0 Å². The Bertz CT molecular complexity index is 588. The summed E-state index contributed by atoms with van der Waals surface area (Å²) in [7, 11) is 0. The Kier molecular flexibility index (Phi) is 4.23. The molecule has 0 bridgehead atoms. The number of carbonyl (C=O) groups excluding carboxylic acids is 1. The van der Waals surface area contributed by atoms with Crippen LogP contribution < -0.4 is 10.1 Å². The van der Waals surface area contributed by atoms with Crippen LogP contribution in [0.2, 0.25) is 0 Å². The van der Waals surface area contributed by atoms with Crippen LogP contribution in [0.4, 0.5) is 4.79 Å². The molecular formula is C18H26N2O3. The minimum absolute atomic E-state index is 0.224. The molecule has 1 fully saturated rings. The summed E-state index contributed by atoms with van der Waals surface area (Å²) in [6, 6.07) is 6.98. The number of amides is 1. The van der Waals surface area contributed by atoms with E-state index in [1.165, 1.54) is 11.1 Å². The maximum absolute atomic E-state index is 11.9. The van der Waals surface area contributed by atoms with Gasteiger partial charge < -0.3 is 19.7 Å². The molecule has 1 saturated heterocycles. The maximum atomic E-state index is 11.9. The molecule has 5 nitrogen and oxygen atoms in total. The van der Waals surface area contributed by atoms with Crippen molar-refractivity contribution in [1.29, 1.82) is 0 Å². The van der Waals surface area contributed by atoms with Gasteiger partial charge in [0, 0.05) is 31.6 Å². The summed E-state index contributed by atoms with van der Waals surface area (Å²) >= 11 is 0. The molecule has 2 aliphatic heterocycles. The molecular weight excluding hydrogens is 292 g/mol. The average Bonchev–Trinajstić information content (AvgIpc) is 2.87. The Balaban J connectivity index is 1.49. The van der Waals surface area contributed by atoms with Crippen LogP contribution in [0.5, 0.6) is 5.75 Å². The highest BCUT2D eigenvalue weighted by atomic mass is 16.6. The molecule has 1 atom stereocenters.